The first kappa shape index (κ1) is 27.9. The van der Waals surface area contributed by atoms with Crippen LogP contribution in [0.5, 0.6) is 0 Å². The zero-order chi connectivity index (χ0) is 31.9. The van der Waals surface area contributed by atoms with Gasteiger partial charge in [0.1, 0.15) is 6.42 Å². The van der Waals surface area contributed by atoms with E-state index < -0.39 is 0 Å². The Morgan fingerprint density at radius 1 is 0.375 bits per heavy atom. The lowest BCUT2D eigenvalue weighted by Gasteiger charge is -2.06. The number of aromatic nitrogens is 4. The first-order chi connectivity index (χ1) is 23.8. The van der Waals surface area contributed by atoms with Crippen LogP contribution in [-0.2, 0) is 0 Å². The molecule has 4 aromatic carbocycles. The van der Waals surface area contributed by atoms with Crippen LogP contribution in [0.25, 0.3) is 79.8 Å². The second kappa shape index (κ2) is 11.8. The highest BCUT2D eigenvalue weighted by atomic mass is 14.8. The fourth-order valence-corrected chi connectivity index (χ4v) is 6.84. The lowest BCUT2D eigenvalue weighted by atomic mass is 9.99. The van der Waals surface area contributed by atoms with E-state index in [2.05, 4.69) is 156 Å². The van der Waals surface area contributed by atoms with E-state index in [1.807, 2.05) is 24.3 Å². The fourth-order valence-electron chi connectivity index (χ4n) is 6.84. The molecule has 8 bridgehead atoms. The van der Waals surface area contributed by atoms with Gasteiger partial charge in [-0.3, -0.25) is 0 Å². The molecule has 9 rings (SSSR count). The Kier molecular flexibility index (Phi) is 6.83. The summed E-state index contributed by atoms with van der Waals surface area (Å²) in [5.74, 6) is 0. The monoisotopic (exact) mass is 614 g/mol. The Bertz CT molecular complexity index is 2250. The largest absolute Gasteiger partial charge is 0.354 e. The summed E-state index contributed by atoms with van der Waals surface area (Å²) in [4.78, 5) is 18.3. The van der Waals surface area contributed by atoms with Gasteiger partial charge in [-0.2, -0.15) is 0 Å². The summed E-state index contributed by atoms with van der Waals surface area (Å²) in [6.45, 7) is 0. The van der Waals surface area contributed by atoms with Crippen LogP contribution in [0.4, 0.5) is 0 Å². The maximum Gasteiger partial charge on any atom is 0.210 e. The maximum atomic E-state index is 5.35. The predicted octanol–water partition coefficient (Wildman–Crippen LogP) is 10.9. The van der Waals surface area contributed by atoms with Crippen LogP contribution in [0.15, 0.2) is 133 Å². The van der Waals surface area contributed by atoms with E-state index in [0.717, 1.165) is 89.7 Å². The molecule has 0 unspecified atom stereocenters. The highest BCUT2D eigenvalue weighted by Crippen LogP contribution is 2.39. The van der Waals surface area contributed by atoms with Gasteiger partial charge in [-0.25, -0.2) is 9.97 Å². The molecule has 2 N–H and O–H groups in total. The van der Waals surface area contributed by atoms with Gasteiger partial charge in [-0.15, -0.1) is 0 Å². The van der Waals surface area contributed by atoms with E-state index >= 15 is 0 Å². The van der Waals surface area contributed by atoms with Crippen LogP contribution in [0.3, 0.4) is 0 Å². The van der Waals surface area contributed by atoms with Crippen molar-refractivity contribution in [3.05, 3.63) is 180 Å². The lowest BCUT2D eigenvalue weighted by Crippen LogP contribution is -1.92. The molecule has 0 amide bonds. The zero-order valence-corrected chi connectivity index (χ0v) is 26.1. The molecule has 48 heavy (non-hydrogen) atoms. The number of rotatable bonds is 4. The van der Waals surface area contributed by atoms with Gasteiger partial charge in [-0.1, -0.05) is 109 Å². The number of benzene rings is 4. The molecule has 225 valence electrons. The minimum absolute atomic E-state index is 0.906. The van der Waals surface area contributed by atoms with E-state index in [1.54, 1.807) is 0 Å². The molecule has 0 atom stereocenters. The van der Waals surface area contributed by atoms with Crippen molar-refractivity contribution in [1.29, 1.82) is 0 Å². The Morgan fingerprint density at radius 3 is 1.21 bits per heavy atom. The Hall–Kier alpha value is -6.39. The molecule has 2 aromatic heterocycles. The zero-order valence-electron chi connectivity index (χ0n) is 26.1. The van der Waals surface area contributed by atoms with Gasteiger partial charge in [0.05, 0.1) is 34.8 Å². The lowest BCUT2D eigenvalue weighted by molar-refractivity contribution is 1.25. The Balaban J connectivity index is 1.47. The third-order valence-corrected chi connectivity index (χ3v) is 9.00. The van der Waals surface area contributed by atoms with Gasteiger partial charge in [0.2, 0.25) is 5.69 Å². The molecule has 0 aliphatic carbocycles. The van der Waals surface area contributed by atoms with Gasteiger partial charge < -0.3 is 9.97 Å². The van der Waals surface area contributed by atoms with E-state index in [1.165, 1.54) is 0 Å². The van der Waals surface area contributed by atoms with Crippen molar-refractivity contribution in [2.24, 2.45) is 0 Å². The average molecular weight is 615 g/mol. The van der Waals surface area contributed by atoms with Crippen molar-refractivity contribution in [3.8, 4) is 44.5 Å². The van der Waals surface area contributed by atoms with Gasteiger partial charge in [0.25, 0.3) is 0 Å². The maximum absolute atomic E-state index is 5.35. The standard InChI is InChI=1S/C44H30N4/c1-5-13-29(14-6-1)41-33-21-23-35(45-33)42(30-15-7-2-8-16-30)37-25-27-39(47-37)44(32-19-11-4-12-20-32)40-28-26-38(48-40)43(31-17-9-3-10-18-31)36-24-22-34(41)46-36/h1-28,45,48H/q+1. The Morgan fingerprint density at radius 2 is 0.750 bits per heavy atom. The molecule has 0 saturated carbocycles. The molecule has 0 fully saturated rings. The second-order valence-electron chi connectivity index (χ2n) is 12.0. The van der Waals surface area contributed by atoms with Gasteiger partial charge in [0.15, 0.2) is 11.3 Å². The molecule has 0 saturated heterocycles. The summed E-state index contributed by atoms with van der Waals surface area (Å²) in [6, 6.07) is 46.3. The van der Waals surface area contributed by atoms with Gasteiger partial charge >= 0.3 is 0 Å². The quantitative estimate of drug-likeness (QED) is 0.194. The van der Waals surface area contributed by atoms with Crippen molar-refractivity contribution < 1.29 is 0 Å². The number of nitrogens with zero attached hydrogens (tertiary/aromatic N) is 2. The van der Waals surface area contributed by atoms with Crippen molar-refractivity contribution in [2.75, 3.05) is 0 Å². The summed E-state index contributed by atoms with van der Waals surface area (Å²) < 4.78 is 0. The third-order valence-electron chi connectivity index (χ3n) is 9.00. The number of hydrogen-bond acceptors (Lipinski definition) is 2. The van der Waals surface area contributed by atoms with Gasteiger partial charge in [0, 0.05) is 27.7 Å². The highest BCUT2D eigenvalue weighted by molar-refractivity contribution is 5.97. The fraction of sp³-hybridized carbons (Fsp3) is 0. The van der Waals surface area contributed by atoms with Crippen molar-refractivity contribution in [3.63, 3.8) is 0 Å². The molecule has 3 aliphatic rings. The first-order valence-electron chi connectivity index (χ1n) is 16.2. The van der Waals surface area contributed by atoms with E-state index in [4.69, 9.17) is 9.97 Å². The normalized spacial score (nSPS) is 12.5. The van der Waals surface area contributed by atoms with Crippen LogP contribution in [-0.4, -0.2) is 19.9 Å². The van der Waals surface area contributed by atoms with E-state index in [9.17, 15) is 0 Å². The van der Waals surface area contributed by atoms with Crippen LogP contribution in [0, 0.1) is 12.8 Å². The van der Waals surface area contributed by atoms with Crippen LogP contribution < -0.4 is 0 Å². The van der Waals surface area contributed by atoms with Crippen molar-refractivity contribution in [1.82, 2.24) is 19.9 Å². The van der Waals surface area contributed by atoms with Gasteiger partial charge in [-0.05, 0) is 65.3 Å². The number of hydrogen-bond donors (Lipinski definition) is 2. The number of aromatic amines is 2. The third kappa shape index (κ3) is 4.91. The molecule has 1 radical (unpaired) electrons. The second-order valence-corrected chi connectivity index (χ2v) is 12.0. The van der Waals surface area contributed by atoms with Crippen molar-refractivity contribution in [2.45, 2.75) is 0 Å². The smallest absolute Gasteiger partial charge is 0.210 e. The molecular weight excluding hydrogens is 585 g/mol. The topological polar surface area (TPSA) is 57.4 Å². The number of nitrogens with one attached hydrogen (secondary N) is 2. The molecule has 5 heterocycles. The molecule has 0 spiro atoms. The minimum Gasteiger partial charge on any atom is -0.354 e. The summed E-state index contributed by atoms with van der Waals surface area (Å²) in [5.41, 5.74) is 16.2. The molecule has 4 nitrogen and oxygen atoms in total. The molecule has 3 aliphatic heterocycles. The number of H-pyrrole nitrogens is 2. The summed E-state index contributed by atoms with van der Waals surface area (Å²) in [6.07, 6.45) is 12.9. The van der Waals surface area contributed by atoms with E-state index in [0.29, 0.717) is 0 Å². The average Bonchev–Trinajstić information content (AvgIpc) is 3.98. The van der Waals surface area contributed by atoms with Crippen LogP contribution in [0.1, 0.15) is 34.2 Å². The Labute approximate surface area is 279 Å². The molecule has 4 heteroatoms. The molecular formula is C44H30N4+. The SMILES string of the molecule is [CH]1[CH+]c2[nH]c1c(-c1ccccc1)c1nc(c(-c3ccccc3)c3ccc([nH]3)c(-c3ccccc3)c3nc(c2-c2ccccc2)C=C3)C=C1. The first-order valence-corrected chi connectivity index (χ1v) is 16.2. The number of fused-ring (bicyclic) bond motifs is 8. The minimum atomic E-state index is 0.906. The van der Waals surface area contributed by atoms with Crippen LogP contribution >= 0.6 is 0 Å². The van der Waals surface area contributed by atoms with Crippen LogP contribution in [0.2, 0.25) is 0 Å². The van der Waals surface area contributed by atoms with E-state index in [-0.39, 0.29) is 0 Å². The summed E-state index contributed by atoms with van der Waals surface area (Å²) in [7, 11) is 0. The molecule has 6 aromatic rings. The predicted molar refractivity (Wildman–Crippen MR) is 199 cm³/mol. The summed E-state index contributed by atoms with van der Waals surface area (Å²) >= 11 is 0. The highest BCUT2D eigenvalue weighted by Gasteiger charge is 2.28. The summed E-state index contributed by atoms with van der Waals surface area (Å²) in [5, 5.41) is 0. The van der Waals surface area contributed by atoms with Crippen molar-refractivity contribution >= 4 is 35.3 Å².